The second-order valence-corrected chi connectivity index (χ2v) is 7.61. The standard InChI is InChI=1S/C23H24ClN5O2/c1-30-15-13-29-23(25-26-27-29)22(19-6-3-2-4-7-19)28(17-21-8-5-14-31-21)16-18-9-11-20(24)12-10-18/h2-12,14,22H,13,15-17H2,1H3. The summed E-state index contributed by atoms with van der Waals surface area (Å²) in [5.74, 6) is 1.62. The molecule has 1 atom stereocenters. The number of ether oxygens (including phenoxy) is 1. The van der Waals surface area contributed by atoms with Crippen molar-refractivity contribution in [3.63, 3.8) is 0 Å². The maximum Gasteiger partial charge on any atom is 0.173 e. The predicted molar refractivity (Wildman–Crippen MR) is 117 cm³/mol. The van der Waals surface area contributed by atoms with Crippen LogP contribution in [-0.4, -0.2) is 38.8 Å². The summed E-state index contributed by atoms with van der Waals surface area (Å²) in [5.41, 5.74) is 2.23. The molecule has 0 N–H and O–H groups in total. The highest BCUT2D eigenvalue weighted by atomic mass is 35.5. The second-order valence-electron chi connectivity index (χ2n) is 7.18. The van der Waals surface area contributed by atoms with Crippen LogP contribution in [0.3, 0.4) is 0 Å². The fraction of sp³-hybridized carbons (Fsp3) is 0.261. The van der Waals surface area contributed by atoms with Crippen LogP contribution in [0.1, 0.15) is 28.8 Å². The lowest BCUT2D eigenvalue weighted by Crippen LogP contribution is -2.31. The summed E-state index contributed by atoms with van der Waals surface area (Å²) in [6.07, 6.45) is 1.69. The molecule has 0 aliphatic heterocycles. The van der Waals surface area contributed by atoms with Gasteiger partial charge in [0.1, 0.15) is 5.76 Å². The Kier molecular flexibility index (Phi) is 7.09. The molecule has 0 saturated heterocycles. The molecule has 0 amide bonds. The van der Waals surface area contributed by atoms with Crippen LogP contribution in [0, 0.1) is 0 Å². The van der Waals surface area contributed by atoms with Crippen LogP contribution in [0.2, 0.25) is 5.02 Å². The summed E-state index contributed by atoms with van der Waals surface area (Å²) in [6, 6.07) is 21.8. The molecule has 2 aromatic heterocycles. The van der Waals surface area contributed by atoms with Gasteiger partial charge in [-0.3, -0.25) is 4.90 Å². The molecule has 0 aliphatic carbocycles. The van der Waals surface area contributed by atoms with Crippen molar-refractivity contribution < 1.29 is 9.15 Å². The van der Waals surface area contributed by atoms with E-state index in [0.29, 0.717) is 31.3 Å². The number of rotatable bonds is 10. The molecule has 7 nitrogen and oxygen atoms in total. The van der Waals surface area contributed by atoms with Gasteiger partial charge in [-0.2, -0.15) is 0 Å². The average Bonchev–Trinajstić information content (AvgIpc) is 3.47. The molecule has 0 spiro atoms. The number of nitrogens with zero attached hydrogens (tertiary/aromatic N) is 5. The topological polar surface area (TPSA) is 69.2 Å². The highest BCUT2D eigenvalue weighted by Gasteiger charge is 2.28. The molecule has 2 heterocycles. The van der Waals surface area contributed by atoms with Gasteiger partial charge in [0.25, 0.3) is 0 Å². The van der Waals surface area contributed by atoms with Crippen LogP contribution in [0.15, 0.2) is 77.4 Å². The highest BCUT2D eigenvalue weighted by molar-refractivity contribution is 6.30. The summed E-state index contributed by atoms with van der Waals surface area (Å²) in [5, 5.41) is 13.3. The maximum absolute atomic E-state index is 6.10. The molecule has 4 aromatic rings. The van der Waals surface area contributed by atoms with Crippen LogP contribution >= 0.6 is 11.6 Å². The van der Waals surface area contributed by atoms with Gasteiger partial charge in [-0.15, -0.1) is 5.10 Å². The molecule has 8 heteroatoms. The van der Waals surface area contributed by atoms with Crippen LogP contribution in [0.25, 0.3) is 0 Å². The number of tetrazole rings is 1. The van der Waals surface area contributed by atoms with Gasteiger partial charge in [-0.1, -0.05) is 54.1 Å². The van der Waals surface area contributed by atoms with E-state index < -0.39 is 0 Å². The largest absolute Gasteiger partial charge is 0.468 e. The Bertz CT molecular complexity index is 1050. The van der Waals surface area contributed by atoms with E-state index >= 15 is 0 Å². The fourth-order valence-corrected chi connectivity index (χ4v) is 3.69. The van der Waals surface area contributed by atoms with E-state index in [1.54, 1.807) is 18.1 Å². The van der Waals surface area contributed by atoms with Gasteiger partial charge in [-0.25, -0.2) is 4.68 Å². The van der Waals surface area contributed by atoms with Gasteiger partial charge in [0.15, 0.2) is 5.82 Å². The number of furan rings is 1. The van der Waals surface area contributed by atoms with Crippen molar-refractivity contribution in [2.75, 3.05) is 13.7 Å². The van der Waals surface area contributed by atoms with Gasteiger partial charge in [0.2, 0.25) is 0 Å². The minimum absolute atomic E-state index is 0.186. The number of benzene rings is 2. The first-order valence-electron chi connectivity index (χ1n) is 10.1. The third-order valence-corrected chi connectivity index (χ3v) is 5.28. The SMILES string of the molecule is COCCn1nnnc1C(c1ccccc1)N(Cc1ccc(Cl)cc1)Cc1ccco1. The van der Waals surface area contributed by atoms with Gasteiger partial charge in [0.05, 0.1) is 32.0 Å². The number of aromatic nitrogens is 4. The van der Waals surface area contributed by atoms with Crippen LogP contribution in [0.5, 0.6) is 0 Å². The summed E-state index contributed by atoms with van der Waals surface area (Å²) < 4.78 is 12.7. The van der Waals surface area contributed by atoms with E-state index in [1.165, 1.54) is 0 Å². The lowest BCUT2D eigenvalue weighted by molar-refractivity contribution is 0.164. The molecule has 0 radical (unpaired) electrons. The van der Waals surface area contributed by atoms with Crippen molar-refractivity contribution in [2.24, 2.45) is 0 Å². The van der Waals surface area contributed by atoms with Crippen molar-refractivity contribution in [3.8, 4) is 0 Å². The molecular formula is C23H24ClN5O2. The number of hydrogen-bond acceptors (Lipinski definition) is 6. The van der Waals surface area contributed by atoms with E-state index in [2.05, 4.69) is 32.6 Å². The smallest absolute Gasteiger partial charge is 0.173 e. The zero-order valence-electron chi connectivity index (χ0n) is 17.3. The zero-order valence-corrected chi connectivity index (χ0v) is 18.0. The minimum atomic E-state index is -0.186. The summed E-state index contributed by atoms with van der Waals surface area (Å²) >= 11 is 6.10. The Balaban J connectivity index is 1.75. The lowest BCUT2D eigenvalue weighted by Gasteiger charge is -2.31. The molecule has 1 unspecified atom stereocenters. The molecular weight excluding hydrogens is 414 g/mol. The molecule has 0 bridgehead atoms. The lowest BCUT2D eigenvalue weighted by atomic mass is 10.0. The Morgan fingerprint density at radius 2 is 1.84 bits per heavy atom. The molecule has 0 fully saturated rings. The molecule has 0 aliphatic rings. The summed E-state index contributed by atoms with van der Waals surface area (Å²) in [7, 11) is 1.67. The average molecular weight is 438 g/mol. The maximum atomic E-state index is 6.10. The van der Waals surface area contributed by atoms with Crippen molar-refractivity contribution in [2.45, 2.75) is 25.7 Å². The van der Waals surface area contributed by atoms with E-state index in [1.807, 2.05) is 54.6 Å². The molecule has 2 aromatic carbocycles. The van der Waals surface area contributed by atoms with Crippen LogP contribution in [-0.2, 0) is 24.4 Å². The Morgan fingerprint density at radius 3 is 2.55 bits per heavy atom. The summed E-state index contributed by atoms with van der Waals surface area (Å²) in [6.45, 7) is 2.34. The first-order valence-corrected chi connectivity index (χ1v) is 10.4. The minimum Gasteiger partial charge on any atom is -0.468 e. The third-order valence-electron chi connectivity index (χ3n) is 5.03. The van der Waals surface area contributed by atoms with Crippen molar-refractivity contribution >= 4 is 11.6 Å². The van der Waals surface area contributed by atoms with Crippen LogP contribution < -0.4 is 0 Å². The zero-order chi connectivity index (χ0) is 21.5. The quantitative estimate of drug-likeness (QED) is 0.367. The number of methoxy groups -OCH3 is 1. The highest BCUT2D eigenvalue weighted by Crippen LogP contribution is 2.30. The Morgan fingerprint density at radius 1 is 1.03 bits per heavy atom. The predicted octanol–water partition coefficient (Wildman–Crippen LogP) is 4.36. The Labute approximate surface area is 186 Å². The summed E-state index contributed by atoms with van der Waals surface area (Å²) in [4.78, 5) is 2.30. The third kappa shape index (κ3) is 5.38. The molecule has 160 valence electrons. The van der Waals surface area contributed by atoms with Gasteiger partial charge in [0, 0.05) is 18.7 Å². The first kappa shape index (κ1) is 21.2. The Hall–Kier alpha value is -3.00. The molecule has 31 heavy (non-hydrogen) atoms. The van der Waals surface area contributed by atoms with Gasteiger partial charge >= 0.3 is 0 Å². The van der Waals surface area contributed by atoms with Gasteiger partial charge < -0.3 is 9.15 Å². The van der Waals surface area contributed by atoms with E-state index in [0.717, 1.165) is 22.7 Å². The van der Waals surface area contributed by atoms with E-state index in [4.69, 9.17) is 20.8 Å². The first-order chi connectivity index (χ1) is 15.2. The van der Waals surface area contributed by atoms with E-state index in [9.17, 15) is 0 Å². The number of halogens is 1. The number of hydrogen-bond donors (Lipinski definition) is 0. The monoisotopic (exact) mass is 437 g/mol. The van der Waals surface area contributed by atoms with Crippen molar-refractivity contribution in [1.82, 2.24) is 25.1 Å². The van der Waals surface area contributed by atoms with Crippen LogP contribution in [0.4, 0.5) is 0 Å². The normalized spacial score (nSPS) is 12.4. The van der Waals surface area contributed by atoms with Gasteiger partial charge in [-0.05, 0) is 45.8 Å². The van der Waals surface area contributed by atoms with Crippen molar-refractivity contribution in [3.05, 3.63) is 101 Å². The van der Waals surface area contributed by atoms with Crippen molar-refractivity contribution in [1.29, 1.82) is 0 Å². The second kappa shape index (κ2) is 10.3. The fourth-order valence-electron chi connectivity index (χ4n) is 3.57. The molecule has 0 saturated carbocycles. The molecule has 4 rings (SSSR count). The van der Waals surface area contributed by atoms with E-state index in [-0.39, 0.29) is 6.04 Å².